The van der Waals surface area contributed by atoms with E-state index in [9.17, 15) is 13.2 Å². The van der Waals surface area contributed by atoms with Gasteiger partial charge < -0.3 is 19.7 Å². The summed E-state index contributed by atoms with van der Waals surface area (Å²) in [6.45, 7) is 3.86. The highest BCUT2D eigenvalue weighted by atomic mass is 35.5. The molecule has 0 saturated carbocycles. The summed E-state index contributed by atoms with van der Waals surface area (Å²) >= 11 is 3.88. The summed E-state index contributed by atoms with van der Waals surface area (Å²) in [5, 5.41) is 3.53. The molecule has 0 aliphatic carbocycles. The summed E-state index contributed by atoms with van der Waals surface area (Å²) in [4.78, 5) is 3.80. The van der Waals surface area contributed by atoms with Crippen molar-refractivity contribution in [2.45, 2.75) is 24.3 Å². The van der Waals surface area contributed by atoms with Gasteiger partial charge >= 0.3 is 0 Å². The van der Waals surface area contributed by atoms with Crippen molar-refractivity contribution in [2.75, 3.05) is 37.0 Å². The van der Waals surface area contributed by atoms with E-state index in [-0.39, 0.29) is 9.92 Å². The summed E-state index contributed by atoms with van der Waals surface area (Å²) in [5.41, 5.74) is 3.54. The fraction of sp³-hybridized carbons (Fsp3) is 0.368. The molecule has 8 heteroatoms. The smallest absolute Gasteiger partial charge is 0.189 e. The highest BCUT2D eigenvalue weighted by Crippen LogP contribution is 2.39. The zero-order valence-corrected chi connectivity index (χ0v) is 17.1. The van der Waals surface area contributed by atoms with Gasteiger partial charge in [-0.15, -0.1) is 0 Å². The minimum atomic E-state index is -2.42. The number of hydrogen-bond acceptors (Lipinski definition) is 4. The van der Waals surface area contributed by atoms with Crippen LogP contribution in [0.2, 0.25) is 5.02 Å². The van der Waals surface area contributed by atoms with E-state index in [1.165, 1.54) is 12.1 Å². The summed E-state index contributed by atoms with van der Waals surface area (Å²) < 4.78 is 34.7. The van der Waals surface area contributed by atoms with E-state index < -0.39 is 16.9 Å². The van der Waals surface area contributed by atoms with Crippen LogP contribution in [-0.2, 0) is 11.1 Å². The van der Waals surface area contributed by atoms with Gasteiger partial charge in [-0.1, -0.05) is 17.7 Å². The average Bonchev–Trinajstić information content (AvgIpc) is 3.11. The summed E-state index contributed by atoms with van der Waals surface area (Å²) in [5.74, 6) is -0.757. The van der Waals surface area contributed by atoms with Crippen molar-refractivity contribution in [3.63, 3.8) is 0 Å². The van der Waals surface area contributed by atoms with Crippen molar-refractivity contribution in [3.05, 3.63) is 46.7 Å². The molecular formula is C19H23ClFN3O2S. The lowest BCUT2D eigenvalue weighted by Crippen LogP contribution is -2.30. The molecule has 2 aromatic carbocycles. The molecule has 0 bridgehead atoms. The second kappa shape index (κ2) is 8.14. The maximum atomic E-state index is 14.3. The lowest BCUT2D eigenvalue weighted by atomic mass is 10.1. The molecule has 1 aliphatic rings. The predicted molar refractivity (Wildman–Crippen MR) is 109 cm³/mol. The van der Waals surface area contributed by atoms with Gasteiger partial charge in [-0.2, -0.15) is 0 Å². The normalized spacial score (nSPS) is 18.0. The summed E-state index contributed by atoms with van der Waals surface area (Å²) in [6, 6.07) is 8.95. The minimum absolute atomic E-state index is 0.220. The first-order valence-corrected chi connectivity index (χ1v) is 10.2. The quantitative estimate of drug-likeness (QED) is 0.730. The third-order valence-electron chi connectivity index (χ3n) is 4.98. The molecule has 1 aliphatic heterocycles. The third-order valence-corrected chi connectivity index (χ3v) is 5.97. The predicted octanol–water partition coefficient (Wildman–Crippen LogP) is 3.93. The second-order valence-corrected chi connectivity index (χ2v) is 8.10. The van der Waals surface area contributed by atoms with Gasteiger partial charge in [0.15, 0.2) is 11.1 Å². The highest BCUT2D eigenvalue weighted by molar-refractivity contribution is 7.79. The molecule has 0 amide bonds. The first kappa shape index (κ1) is 20.1. The van der Waals surface area contributed by atoms with Crippen LogP contribution in [-0.4, -0.2) is 42.0 Å². The molecule has 0 spiro atoms. The molecule has 2 N–H and O–H groups in total. The Kier molecular flexibility index (Phi) is 6.05. The Morgan fingerprint density at radius 1 is 1.33 bits per heavy atom. The number of rotatable bonds is 5. The molecule has 0 radical (unpaired) electrons. The summed E-state index contributed by atoms with van der Waals surface area (Å²) in [6.07, 6.45) is 1.06. The van der Waals surface area contributed by atoms with Crippen molar-refractivity contribution in [3.8, 4) is 0 Å². The maximum absolute atomic E-state index is 14.3. The van der Waals surface area contributed by atoms with E-state index in [4.69, 9.17) is 11.6 Å². The molecule has 2 unspecified atom stereocenters. The Morgan fingerprint density at radius 3 is 2.70 bits per heavy atom. The molecule has 0 aromatic heterocycles. The van der Waals surface area contributed by atoms with Crippen LogP contribution < -0.4 is 15.1 Å². The Labute approximate surface area is 166 Å². The van der Waals surface area contributed by atoms with Gasteiger partial charge in [0, 0.05) is 32.2 Å². The monoisotopic (exact) mass is 411 g/mol. The van der Waals surface area contributed by atoms with Crippen LogP contribution in [0.4, 0.5) is 21.5 Å². The second-order valence-electron chi connectivity index (χ2n) is 6.75. The Bertz CT molecular complexity index is 880. The van der Waals surface area contributed by atoms with Crippen LogP contribution in [0.1, 0.15) is 12.0 Å². The van der Waals surface area contributed by atoms with Crippen LogP contribution in [0.5, 0.6) is 0 Å². The van der Waals surface area contributed by atoms with Crippen molar-refractivity contribution in [1.82, 2.24) is 5.32 Å². The highest BCUT2D eigenvalue weighted by Gasteiger charge is 2.25. The molecule has 1 saturated heterocycles. The van der Waals surface area contributed by atoms with Crippen LogP contribution in [0.3, 0.4) is 0 Å². The fourth-order valence-corrected chi connectivity index (χ4v) is 4.22. The Morgan fingerprint density at radius 2 is 2.07 bits per heavy atom. The average molecular weight is 412 g/mol. The van der Waals surface area contributed by atoms with Crippen molar-refractivity contribution in [2.24, 2.45) is 0 Å². The number of aryl methyl sites for hydroxylation is 1. The van der Waals surface area contributed by atoms with Crippen molar-refractivity contribution >= 4 is 39.7 Å². The summed E-state index contributed by atoms with van der Waals surface area (Å²) in [7, 11) is 3.78. The first-order valence-electron chi connectivity index (χ1n) is 8.68. The van der Waals surface area contributed by atoms with E-state index in [1.807, 2.05) is 38.1 Å². The number of halogens is 2. The van der Waals surface area contributed by atoms with Crippen molar-refractivity contribution < 1.29 is 13.2 Å². The van der Waals surface area contributed by atoms with Gasteiger partial charge in [0.05, 0.1) is 22.1 Å². The molecule has 2 aromatic rings. The minimum Gasteiger partial charge on any atom is -0.368 e. The molecule has 27 heavy (non-hydrogen) atoms. The molecule has 2 atom stereocenters. The topological polar surface area (TPSA) is 55.8 Å². The number of likely N-dealkylation sites (N-methyl/N-ethyl adjacent to an activating group) is 1. The van der Waals surface area contributed by atoms with Gasteiger partial charge in [0.2, 0.25) is 0 Å². The SMILES string of the molecule is CNC1CCN(c2cc(C)ccc2N(C)c2cc(F)c(S(=O)O)cc2Cl)C1. The Balaban J connectivity index is 2.02. The van der Waals surface area contributed by atoms with Crippen LogP contribution in [0, 0.1) is 12.7 Å². The zero-order valence-electron chi connectivity index (χ0n) is 15.5. The lowest BCUT2D eigenvalue weighted by molar-refractivity contribution is 0.544. The van der Waals surface area contributed by atoms with E-state index in [0.717, 1.165) is 36.4 Å². The van der Waals surface area contributed by atoms with E-state index in [2.05, 4.69) is 16.3 Å². The van der Waals surface area contributed by atoms with Gasteiger partial charge in [-0.3, -0.25) is 0 Å². The van der Waals surface area contributed by atoms with Crippen LogP contribution >= 0.6 is 11.6 Å². The molecule has 146 valence electrons. The lowest BCUT2D eigenvalue weighted by Gasteiger charge is -2.29. The van der Waals surface area contributed by atoms with Crippen LogP contribution in [0.25, 0.3) is 0 Å². The molecule has 1 heterocycles. The first-order chi connectivity index (χ1) is 12.8. The molecule has 3 rings (SSSR count). The van der Waals surface area contributed by atoms with E-state index in [0.29, 0.717) is 11.7 Å². The number of nitrogens with zero attached hydrogens (tertiary/aromatic N) is 2. The largest absolute Gasteiger partial charge is 0.368 e. The molecule has 1 fully saturated rings. The number of nitrogens with one attached hydrogen (secondary N) is 1. The Hall–Kier alpha value is -1.67. The van der Waals surface area contributed by atoms with Crippen molar-refractivity contribution in [1.29, 1.82) is 0 Å². The van der Waals surface area contributed by atoms with E-state index >= 15 is 0 Å². The van der Waals surface area contributed by atoms with Crippen LogP contribution in [0.15, 0.2) is 35.2 Å². The number of hydrogen-bond donors (Lipinski definition) is 2. The fourth-order valence-electron chi connectivity index (χ4n) is 3.42. The van der Waals surface area contributed by atoms with Gasteiger partial charge in [-0.25, -0.2) is 8.60 Å². The molecule has 5 nitrogen and oxygen atoms in total. The van der Waals surface area contributed by atoms with Gasteiger partial charge in [-0.05, 0) is 44.2 Å². The number of anilines is 3. The standard InChI is InChI=1S/C19H23ClFN3O2S/c1-12-4-5-16(18(8-12)24-7-6-13(11-24)22-2)23(3)17-10-15(21)19(27(25)26)9-14(17)20/h4-5,8-10,13,22H,6-7,11H2,1-3H3,(H,25,26). The maximum Gasteiger partial charge on any atom is 0.189 e. The van der Waals surface area contributed by atoms with E-state index in [1.54, 1.807) is 0 Å². The van der Waals surface area contributed by atoms with Gasteiger partial charge in [0.25, 0.3) is 0 Å². The molecular weight excluding hydrogens is 389 g/mol. The van der Waals surface area contributed by atoms with Gasteiger partial charge in [0.1, 0.15) is 10.7 Å². The zero-order chi connectivity index (χ0) is 19.7. The number of benzene rings is 2. The third kappa shape index (κ3) is 4.11.